The minimum Gasteiger partial charge on any atom is -1.00 e. The first-order valence-electron chi connectivity index (χ1n) is 18.3. The quantitative estimate of drug-likeness (QED) is 0.0360. The molecule has 378 valence electrons. The van der Waals surface area contributed by atoms with E-state index in [1.54, 1.807) is 23.1 Å². The van der Waals surface area contributed by atoms with Gasteiger partial charge in [0.1, 0.15) is 22.3 Å². The zero-order valence-electron chi connectivity index (χ0n) is 37.4. The molecular weight excluding hydrogens is 1330 g/mol. The van der Waals surface area contributed by atoms with Crippen LogP contribution in [0.4, 0.5) is 17.6 Å². The van der Waals surface area contributed by atoms with Crippen molar-refractivity contribution < 1.29 is 90.2 Å². The SMILES string of the molecule is Brc1ccn[nH]1.COc1c(F)cc(B(O)O)cc1F.CS(=O)(=O)O[C@H]1CCOC1.O=Cc1c(F)cc(-c2ccn([C@@H]3CCOC3)n2)cc1F.PP(P)P(P(P)P)P(P(P)P)P(P(P)P)P(P)P.[H-].[Na+]. The Morgan fingerprint density at radius 3 is 1.68 bits per heavy atom. The number of aromatic amines is 1. The molecule has 2 aliphatic rings. The van der Waals surface area contributed by atoms with Crippen molar-refractivity contribution in [1.29, 1.82) is 0 Å². The van der Waals surface area contributed by atoms with Gasteiger partial charge in [0.2, 0.25) is 0 Å². The Morgan fingerprint density at radius 1 is 0.838 bits per heavy atom. The van der Waals surface area contributed by atoms with Gasteiger partial charge in [-0.3, -0.25) is 18.8 Å². The number of carbonyl (C=O) groups excluding carboxylic acids is 1. The third-order valence-corrected chi connectivity index (χ3v) is 117. The smallest absolute Gasteiger partial charge is 1.00 e. The molecule has 4 heterocycles. The number of methoxy groups -OCH3 is 1. The van der Waals surface area contributed by atoms with Gasteiger partial charge in [-0.2, -0.15) is 18.6 Å². The van der Waals surface area contributed by atoms with Crippen LogP contribution in [0.2, 0.25) is 0 Å². The maximum absolute atomic E-state index is 13.6. The molecule has 2 aromatic heterocycles. The third kappa shape index (κ3) is 25.9. The van der Waals surface area contributed by atoms with Crippen LogP contribution in [0.15, 0.2) is 53.4 Å². The van der Waals surface area contributed by atoms with Crippen molar-refractivity contribution in [1.82, 2.24) is 20.0 Å². The molecule has 0 bridgehead atoms. The van der Waals surface area contributed by atoms with Gasteiger partial charge in [0.15, 0.2) is 23.7 Å². The number of carbonyl (C=O) groups is 1. The monoisotopic (exact) mass is 1380 g/mol. The van der Waals surface area contributed by atoms with Gasteiger partial charge in [-0.1, -0.05) is 0 Å². The molecule has 39 heteroatoms. The number of nitrogens with zero attached hydrogens (tertiary/aromatic N) is 3. The number of aldehydes is 1. The van der Waals surface area contributed by atoms with Crippen molar-refractivity contribution in [2.75, 3.05) is 39.8 Å². The fourth-order valence-corrected chi connectivity index (χ4v) is 215. The van der Waals surface area contributed by atoms with E-state index in [1.807, 2.05) is 6.07 Å². The van der Waals surface area contributed by atoms with E-state index in [0.29, 0.717) is 44.1 Å². The number of nitrogens with one attached hydrogen (secondary N) is 1. The maximum Gasteiger partial charge on any atom is 1.00 e. The van der Waals surface area contributed by atoms with Crippen LogP contribution >= 0.6 is 161 Å². The molecule has 4 aromatic rings. The van der Waals surface area contributed by atoms with E-state index in [1.165, 1.54) is 0 Å². The Kier molecular flexibility index (Phi) is 38.8. The molecule has 13 nitrogen and oxygen atoms in total. The number of rotatable bonds is 14. The Morgan fingerprint density at radius 2 is 1.34 bits per heavy atom. The summed E-state index contributed by atoms with van der Waals surface area (Å²) in [5, 5.41) is 27.9. The van der Waals surface area contributed by atoms with E-state index >= 15 is 0 Å². The normalized spacial score (nSPS) is 15.7. The van der Waals surface area contributed by atoms with Crippen molar-refractivity contribution >= 4 is 190 Å². The zero-order valence-corrected chi connectivity index (χ0v) is 59.5. The molecule has 3 N–H and O–H groups in total. The third-order valence-electron chi connectivity index (χ3n) is 7.92. The average Bonchev–Trinajstić information content (AvgIpc) is 4.07. The predicted molar refractivity (Wildman–Crippen MR) is 325 cm³/mol. The van der Waals surface area contributed by atoms with Crippen LogP contribution in [0.5, 0.6) is 5.75 Å². The molecule has 0 aliphatic carbocycles. The number of H-pyrrole nitrogens is 1. The van der Waals surface area contributed by atoms with E-state index in [0.717, 1.165) is 48.7 Å². The Hall–Kier alpha value is 5.08. The van der Waals surface area contributed by atoms with Crippen LogP contribution in [0.3, 0.4) is 0 Å². The molecule has 0 radical (unpaired) electrons. The van der Waals surface area contributed by atoms with Crippen molar-refractivity contribution in [3.8, 4) is 17.0 Å². The number of halogens is 5. The van der Waals surface area contributed by atoms with E-state index < -0.39 is 51.8 Å². The number of ether oxygens (including phenoxy) is 3. The minimum atomic E-state index is -3.29. The van der Waals surface area contributed by atoms with Gasteiger partial charge < -0.3 is 25.7 Å². The number of hydrogen-bond acceptors (Lipinski definition) is 11. The summed E-state index contributed by atoms with van der Waals surface area (Å²) in [6, 6.07) is 7.51. The summed E-state index contributed by atoms with van der Waals surface area (Å²) >= 11 is 3.16. The molecule has 2 aliphatic heterocycles. The molecule has 2 aromatic carbocycles. The first-order valence-corrected chi connectivity index (χ1v) is 52.7. The summed E-state index contributed by atoms with van der Waals surface area (Å²) < 4.78 is 95.8. The molecular formula is C29H53BBrF4N4NaO9P18S. The first-order chi connectivity index (χ1) is 31.3. The molecule has 2 saturated heterocycles. The van der Waals surface area contributed by atoms with Crippen LogP contribution in [0.1, 0.15) is 30.7 Å². The second-order valence-electron chi connectivity index (χ2n) is 13.0. The second-order valence-corrected chi connectivity index (χ2v) is 85.7. The summed E-state index contributed by atoms with van der Waals surface area (Å²) in [6.07, 6.45) is 5.95. The second kappa shape index (κ2) is 37.1. The first kappa shape index (κ1) is 71.1. The Balaban J connectivity index is 0.000000870. The molecule has 12 atom stereocenters. The van der Waals surface area contributed by atoms with Gasteiger partial charge in [0.05, 0.1) is 43.9 Å². The molecule has 0 saturated carbocycles. The van der Waals surface area contributed by atoms with Crippen molar-refractivity contribution in [3.05, 3.63) is 82.2 Å². The average molecular weight is 1380 g/mol. The van der Waals surface area contributed by atoms with Crippen LogP contribution in [0, 0.1) is 23.3 Å². The zero-order chi connectivity index (χ0) is 50.8. The molecule has 0 amide bonds. The summed E-state index contributed by atoms with van der Waals surface area (Å²) in [5.74, 6) is -4.23. The molecule has 6 rings (SSSR count). The Labute approximate surface area is 460 Å². The van der Waals surface area contributed by atoms with E-state index in [2.05, 4.69) is 129 Å². The molecule has 2 fully saturated rings. The standard InChI is InChI=1S/C14H12F2N2O2.C7H7BF2O3.C5H10O4S.C3H3BrN2.Na.H20P18.H/c15-12-5-9(6-13(16)11(12)7-19)14-1-3-18(17-14)10-2-4-20-8-10;1-13-7-5(9)2-4(8(11)12)3-6(7)10;1-10(6,7)9-5-2-3-8-4-5;4-3-1-2-5-6-3;;1-11(2)16(12(3)4)18(15(9)10)17(13(5)6)14(7)8;/h1,3,5-7,10H,2,4,8H2;2-3,11-12H,1H3;5H,2-4H2,1H3;1-2H,(H,5,6);;1-10H2;/q;;;;+1;;-1/t10-;;5-;;;;/m1.0..../s1. The van der Waals surface area contributed by atoms with Gasteiger partial charge >= 0.3 is 36.7 Å². The van der Waals surface area contributed by atoms with Crippen LogP contribution in [-0.2, 0) is 23.8 Å². The predicted octanol–water partition coefficient (Wildman–Crippen LogP) is 10.4. The minimum absolute atomic E-state index is 0. The van der Waals surface area contributed by atoms with Crippen molar-refractivity contribution in [2.45, 2.75) is 25.0 Å². The van der Waals surface area contributed by atoms with Crippen molar-refractivity contribution in [2.24, 2.45) is 0 Å². The fourth-order valence-electron chi connectivity index (χ4n) is 5.13. The van der Waals surface area contributed by atoms with Gasteiger partial charge in [0.25, 0.3) is 10.1 Å². The van der Waals surface area contributed by atoms with Gasteiger partial charge in [-0.15, -0.1) is 89.3 Å². The largest absolute Gasteiger partial charge is 1.00 e. The summed E-state index contributed by atoms with van der Waals surface area (Å²) in [4.78, 5) is 10.6. The number of aromatic nitrogens is 4. The van der Waals surface area contributed by atoms with Gasteiger partial charge in [-0.05, 0) is 120 Å². The van der Waals surface area contributed by atoms with Crippen LogP contribution < -0.4 is 39.8 Å². The fraction of sp³-hybridized carbons (Fsp3) is 0.345. The van der Waals surface area contributed by atoms with E-state index in [-0.39, 0.29) is 111 Å². The summed E-state index contributed by atoms with van der Waals surface area (Å²) in [5.41, 5.74) is -0.0383. The van der Waals surface area contributed by atoms with E-state index in [4.69, 9.17) is 19.5 Å². The van der Waals surface area contributed by atoms with Crippen LogP contribution in [0.25, 0.3) is 11.3 Å². The molecule has 10 unspecified atom stereocenters. The topological polar surface area (TPSA) is 175 Å². The number of benzene rings is 2. The number of hydrogen-bond donors (Lipinski definition) is 3. The Bertz CT molecular complexity index is 2150. The summed E-state index contributed by atoms with van der Waals surface area (Å²) in [7, 11) is 27.2. The van der Waals surface area contributed by atoms with Gasteiger partial charge in [0, 0.05) is 37.6 Å². The maximum atomic E-state index is 13.6. The van der Waals surface area contributed by atoms with E-state index in [9.17, 15) is 30.8 Å². The molecule has 68 heavy (non-hydrogen) atoms. The van der Waals surface area contributed by atoms with Crippen molar-refractivity contribution in [3.63, 3.8) is 0 Å². The summed E-state index contributed by atoms with van der Waals surface area (Å²) in [6.45, 7) is 2.98. The molecule has 0 spiro atoms. The van der Waals surface area contributed by atoms with Gasteiger partial charge in [-0.25, -0.2) is 17.6 Å². The van der Waals surface area contributed by atoms with Crippen LogP contribution in [-0.4, -0.2) is 97.7 Å².